The first-order chi connectivity index (χ1) is 4.74. The Morgan fingerprint density at radius 1 is 1.70 bits per heavy atom. The van der Waals surface area contributed by atoms with Gasteiger partial charge in [-0.2, -0.15) is 12.6 Å². The van der Waals surface area contributed by atoms with Crippen LogP contribution in [0.2, 0.25) is 0 Å². The van der Waals surface area contributed by atoms with Crippen molar-refractivity contribution in [1.29, 1.82) is 0 Å². The van der Waals surface area contributed by atoms with E-state index >= 15 is 0 Å². The third-order valence-corrected chi connectivity index (χ3v) is 2.57. The van der Waals surface area contributed by atoms with Crippen molar-refractivity contribution in [1.82, 2.24) is 0 Å². The summed E-state index contributed by atoms with van der Waals surface area (Å²) in [5.74, 6) is 0.568. The zero-order valence-corrected chi connectivity index (χ0v) is 6.69. The molecule has 0 saturated heterocycles. The van der Waals surface area contributed by atoms with Gasteiger partial charge in [0.1, 0.15) is 0 Å². The maximum absolute atomic E-state index is 10.1. The minimum Gasteiger partial charge on any atom is -0.258 e. The minimum atomic E-state index is -0.391. The molecule has 3 nitrogen and oxygen atoms in total. The fourth-order valence-electron chi connectivity index (χ4n) is 0.550. The molecule has 5 heteroatoms. The number of hydrogen-bond acceptors (Lipinski definition) is 4. The maximum Gasteiger partial charge on any atom is 0.324 e. The molecule has 0 radical (unpaired) electrons. The highest BCUT2D eigenvalue weighted by atomic mass is 32.1. The van der Waals surface area contributed by atoms with Crippen LogP contribution in [0.25, 0.3) is 0 Å². The first-order valence-electron chi connectivity index (χ1n) is 2.58. The number of thiophene rings is 1. The van der Waals surface area contributed by atoms with Crippen molar-refractivity contribution in [2.75, 3.05) is 0 Å². The van der Waals surface area contributed by atoms with Crippen LogP contribution in [-0.4, -0.2) is 4.92 Å². The molecular formula is C5H5NO2S2. The highest BCUT2D eigenvalue weighted by Gasteiger charge is 2.07. The van der Waals surface area contributed by atoms with Gasteiger partial charge in [-0.05, 0) is 6.07 Å². The molecule has 54 valence electrons. The fourth-order valence-corrected chi connectivity index (χ4v) is 1.53. The second kappa shape index (κ2) is 3.03. The van der Waals surface area contributed by atoms with Gasteiger partial charge in [-0.3, -0.25) is 10.1 Å². The average molecular weight is 175 g/mol. The van der Waals surface area contributed by atoms with Gasteiger partial charge in [0.2, 0.25) is 0 Å². The van der Waals surface area contributed by atoms with Crippen molar-refractivity contribution in [3.05, 3.63) is 27.1 Å². The SMILES string of the molecule is O=[N+]([O-])c1ccc(CS)s1. The van der Waals surface area contributed by atoms with E-state index in [9.17, 15) is 10.1 Å². The van der Waals surface area contributed by atoms with Crippen molar-refractivity contribution in [3.8, 4) is 0 Å². The molecule has 0 atom stereocenters. The largest absolute Gasteiger partial charge is 0.324 e. The molecule has 0 spiro atoms. The lowest BCUT2D eigenvalue weighted by Crippen LogP contribution is -1.80. The molecule has 1 rings (SSSR count). The average Bonchev–Trinajstić information content (AvgIpc) is 2.34. The zero-order valence-electron chi connectivity index (χ0n) is 4.98. The molecule has 0 fully saturated rings. The first-order valence-corrected chi connectivity index (χ1v) is 4.03. The van der Waals surface area contributed by atoms with E-state index in [0.29, 0.717) is 5.75 Å². The Hall–Kier alpha value is -0.550. The van der Waals surface area contributed by atoms with Crippen LogP contribution in [0.3, 0.4) is 0 Å². The summed E-state index contributed by atoms with van der Waals surface area (Å²) in [6.45, 7) is 0. The van der Waals surface area contributed by atoms with E-state index in [0.717, 1.165) is 4.88 Å². The van der Waals surface area contributed by atoms with E-state index in [4.69, 9.17) is 0 Å². The Labute approximate surface area is 67.2 Å². The van der Waals surface area contributed by atoms with Gasteiger partial charge in [-0.25, -0.2) is 0 Å². The van der Waals surface area contributed by atoms with Crippen molar-refractivity contribution in [2.45, 2.75) is 5.75 Å². The lowest BCUT2D eigenvalue weighted by molar-refractivity contribution is -0.380. The molecule has 0 saturated carbocycles. The van der Waals surface area contributed by atoms with Gasteiger partial charge in [-0.1, -0.05) is 11.3 Å². The first kappa shape index (κ1) is 7.56. The van der Waals surface area contributed by atoms with Crippen LogP contribution in [0.15, 0.2) is 12.1 Å². The smallest absolute Gasteiger partial charge is 0.258 e. The molecular weight excluding hydrogens is 170 g/mol. The highest BCUT2D eigenvalue weighted by Crippen LogP contribution is 2.24. The van der Waals surface area contributed by atoms with Crippen LogP contribution in [0.1, 0.15) is 4.88 Å². The number of nitro groups is 1. The Kier molecular flexibility index (Phi) is 2.29. The quantitative estimate of drug-likeness (QED) is 0.425. The van der Waals surface area contributed by atoms with Crippen molar-refractivity contribution >= 4 is 29.0 Å². The normalized spacial score (nSPS) is 9.70. The topological polar surface area (TPSA) is 43.1 Å². The monoisotopic (exact) mass is 175 g/mol. The summed E-state index contributed by atoms with van der Waals surface area (Å²) in [5, 5.41) is 10.3. The molecule has 1 aromatic heterocycles. The second-order valence-corrected chi connectivity index (χ2v) is 3.12. The van der Waals surface area contributed by atoms with Gasteiger partial charge in [0.15, 0.2) is 0 Å². The summed E-state index contributed by atoms with van der Waals surface area (Å²) >= 11 is 5.15. The molecule has 0 N–H and O–H groups in total. The highest BCUT2D eigenvalue weighted by molar-refractivity contribution is 7.79. The summed E-state index contributed by atoms with van der Waals surface area (Å²) in [6, 6.07) is 3.21. The van der Waals surface area contributed by atoms with E-state index in [1.54, 1.807) is 6.07 Å². The molecule has 0 aromatic carbocycles. The van der Waals surface area contributed by atoms with Gasteiger partial charge >= 0.3 is 5.00 Å². The van der Waals surface area contributed by atoms with Crippen LogP contribution in [0, 0.1) is 10.1 Å². The zero-order chi connectivity index (χ0) is 7.56. The Balaban J connectivity index is 2.88. The standard InChI is InChI=1S/C5H5NO2S2/c7-6(8)5-2-1-4(3-9)10-5/h1-2,9H,3H2. The molecule has 0 bridgehead atoms. The van der Waals surface area contributed by atoms with Crippen molar-refractivity contribution in [3.63, 3.8) is 0 Å². The summed E-state index contributed by atoms with van der Waals surface area (Å²) in [6.07, 6.45) is 0. The van der Waals surface area contributed by atoms with E-state index < -0.39 is 4.92 Å². The van der Waals surface area contributed by atoms with Gasteiger partial charge in [0, 0.05) is 16.7 Å². The Morgan fingerprint density at radius 3 is 2.70 bits per heavy atom. The van der Waals surface area contributed by atoms with Crippen LogP contribution in [0.5, 0.6) is 0 Å². The molecule has 0 unspecified atom stereocenters. The van der Waals surface area contributed by atoms with Crippen LogP contribution < -0.4 is 0 Å². The fraction of sp³-hybridized carbons (Fsp3) is 0.200. The summed E-state index contributed by atoms with van der Waals surface area (Å²) in [4.78, 5) is 10.7. The van der Waals surface area contributed by atoms with Crippen molar-refractivity contribution in [2.24, 2.45) is 0 Å². The summed E-state index contributed by atoms with van der Waals surface area (Å²) in [5.41, 5.74) is 0. The molecule has 1 heterocycles. The number of rotatable bonds is 2. The molecule has 10 heavy (non-hydrogen) atoms. The maximum atomic E-state index is 10.1. The van der Waals surface area contributed by atoms with Gasteiger partial charge in [0.05, 0.1) is 4.92 Å². The number of thiol groups is 1. The van der Waals surface area contributed by atoms with E-state index in [1.807, 2.05) is 0 Å². The predicted molar refractivity (Wildman–Crippen MR) is 43.7 cm³/mol. The van der Waals surface area contributed by atoms with Gasteiger partial charge in [0.25, 0.3) is 0 Å². The molecule has 0 aliphatic carbocycles. The summed E-state index contributed by atoms with van der Waals surface area (Å²) in [7, 11) is 0. The lowest BCUT2D eigenvalue weighted by atomic mass is 10.5. The minimum absolute atomic E-state index is 0.184. The van der Waals surface area contributed by atoms with Crippen LogP contribution in [-0.2, 0) is 5.75 Å². The Morgan fingerprint density at radius 2 is 2.40 bits per heavy atom. The third kappa shape index (κ3) is 1.48. The third-order valence-electron chi connectivity index (χ3n) is 0.983. The predicted octanol–water partition coefficient (Wildman–Crippen LogP) is 2.09. The van der Waals surface area contributed by atoms with Crippen LogP contribution in [0.4, 0.5) is 5.00 Å². The second-order valence-electron chi connectivity index (χ2n) is 1.66. The van der Waals surface area contributed by atoms with Gasteiger partial charge in [-0.15, -0.1) is 0 Å². The van der Waals surface area contributed by atoms with Crippen molar-refractivity contribution < 1.29 is 4.92 Å². The number of hydrogen-bond donors (Lipinski definition) is 1. The van der Waals surface area contributed by atoms with E-state index in [1.165, 1.54) is 17.4 Å². The molecule has 1 aromatic rings. The van der Waals surface area contributed by atoms with Crippen LogP contribution >= 0.6 is 24.0 Å². The Bertz CT molecular complexity index is 246. The molecule has 0 aliphatic heterocycles. The molecule has 0 aliphatic rings. The van der Waals surface area contributed by atoms with E-state index in [2.05, 4.69) is 12.6 Å². The lowest BCUT2D eigenvalue weighted by Gasteiger charge is -1.81. The van der Waals surface area contributed by atoms with E-state index in [-0.39, 0.29) is 5.00 Å². The summed E-state index contributed by atoms with van der Waals surface area (Å²) < 4.78 is 0. The van der Waals surface area contributed by atoms with Gasteiger partial charge < -0.3 is 0 Å². The molecule has 0 amide bonds. The number of nitrogens with zero attached hydrogens (tertiary/aromatic N) is 1.